The van der Waals surface area contributed by atoms with Crippen LogP contribution >= 0.6 is 11.6 Å². The van der Waals surface area contributed by atoms with Gasteiger partial charge in [-0.1, -0.05) is 11.6 Å². The molecule has 2 aromatic rings. The lowest BCUT2D eigenvalue weighted by molar-refractivity contribution is 0.112. The van der Waals surface area contributed by atoms with E-state index in [9.17, 15) is 4.79 Å². The number of hydrogen-bond acceptors (Lipinski definition) is 5. The van der Waals surface area contributed by atoms with Crippen molar-refractivity contribution in [2.24, 2.45) is 0 Å². The normalized spacial score (nSPS) is 10.4. The van der Waals surface area contributed by atoms with Gasteiger partial charge >= 0.3 is 0 Å². The molecule has 6 nitrogen and oxygen atoms in total. The second-order valence-corrected chi connectivity index (χ2v) is 4.38. The first kappa shape index (κ1) is 13.5. The summed E-state index contributed by atoms with van der Waals surface area (Å²) in [5.41, 5.74) is 0.301. The van der Waals surface area contributed by atoms with Crippen LogP contribution in [0.5, 0.6) is 0 Å². The number of hydrogen-bond donors (Lipinski definition) is 1. The van der Waals surface area contributed by atoms with E-state index in [2.05, 4.69) is 20.3 Å². The van der Waals surface area contributed by atoms with E-state index in [-0.39, 0.29) is 5.15 Å². The van der Waals surface area contributed by atoms with Crippen LogP contribution in [0.4, 0.5) is 5.82 Å². The van der Waals surface area contributed by atoms with E-state index in [0.717, 1.165) is 13.0 Å². The first-order chi connectivity index (χ1) is 9.20. The van der Waals surface area contributed by atoms with Crippen molar-refractivity contribution in [1.29, 1.82) is 0 Å². The van der Waals surface area contributed by atoms with Crippen molar-refractivity contribution in [2.45, 2.75) is 19.9 Å². The molecule has 0 saturated carbocycles. The second-order valence-electron chi connectivity index (χ2n) is 4.02. The summed E-state index contributed by atoms with van der Waals surface area (Å²) in [6, 6.07) is 0. The third-order valence-electron chi connectivity index (χ3n) is 2.57. The molecule has 19 heavy (non-hydrogen) atoms. The predicted octanol–water partition coefficient (Wildman–Crippen LogP) is 1.95. The Morgan fingerprint density at radius 2 is 2.32 bits per heavy atom. The van der Waals surface area contributed by atoms with Crippen LogP contribution in [0.25, 0.3) is 0 Å². The Hall–Kier alpha value is -1.95. The monoisotopic (exact) mass is 279 g/mol. The zero-order valence-corrected chi connectivity index (χ0v) is 11.3. The number of nitrogens with zero attached hydrogens (tertiary/aromatic N) is 4. The van der Waals surface area contributed by atoms with Crippen molar-refractivity contribution in [3.8, 4) is 0 Å². The van der Waals surface area contributed by atoms with Gasteiger partial charge in [0.25, 0.3) is 0 Å². The highest BCUT2D eigenvalue weighted by atomic mass is 35.5. The number of aryl methyl sites for hydroxylation is 2. The molecule has 2 aromatic heterocycles. The zero-order chi connectivity index (χ0) is 13.7. The van der Waals surface area contributed by atoms with Gasteiger partial charge in [-0.25, -0.2) is 15.0 Å². The molecule has 1 N–H and O–H groups in total. The van der Waals surface area contributed by atoms with Crippen molar-refractivity contribution in [3.63, 3.8) is 0 Å². The summed E-state index contributed by atoms with van der Waals surface area (Å²) in [5.74, 6) is 1.02. The lowest BCUT2D eigenvalue weighted by Gasteiger charge is -2.09. The summed E-state index contributed by atoms with van der Waals surface area (Å²) in [5, 5.41) is 3.29. The van der Waals surface area contributed by atoms with Gasteiger partial charge in [-0.15, -0.1) is 0 Å². The van der Waals surface area contributed by atoms with Gasteiger partial charge in [0.1, 0.15) is 16.8 Å². The molecule has 0 radical (unpaired) electrons. The van der Waals surface area contributed by atoms with E-state index >= 15 is 0 Å². The standard InChI is InChI=1S/C12H14ClN5O/c1-9-16-11(13)10(7-19)12(17-9)15-3-2-5-18-6-4-14-8-18/h4,6-8H,2-3,5H2,1H3,(H,15,16,17). The fourth-order valence-electron chi connectivity index (χ4n) is 1.67. The fourth-order valence-corrected chi connectivity index (χ4v) is 1.93. The first-order valence-electron chi connectivity index (χ1n) is 5.89. The Kier molecular flexibility index (Phi) is 4.46. The highest BCUT2D eigenvalue weighted by molar-refractivity contribution is 6.32. The summed E-state index contributed by atoms with van der Waals surface area (Å²) in [6.07, 6.45) is 6.96. The SMILES string of the molecule is Cc1nc(Cl)c(C=O)c(NCCCn2ccnc2)n1. The highest BCUT2D eigenvalue weighted by Gasteiger charge is 2.10. The van der Waals surface area contributed by atoms with Crippen LogP contribution in [-0.2, 0) is 6.54 Å². The van der Waals surface area contributed by atoms with Gasteiger partial charge in [-0.05, 0) is 13.3 Å². The molecule has 100 valence electrons. The Balaban J connectivity index is 1.93. The number of halogens is 1. The number of aromatic nitrogens is 4. The van der Waals surface area contributed by atoms with Gasteiger partial charge in [-0.3, -0.25) is 4.79 Å². The minimum atomic E-state index is 0.180. The lowest BCUT2D eigenvalue weighted by atomic mass is 10.3. The molecule has 2 rings (SSSR count). The zero-order valence-electron chi connectivity index (χ0n) is 10.5. The van der Waals surface area contributed by atoms with Gasteiger partial charge in [-0.2, -0.15) is 0 Å². The average molecular weight is 280 g/mol. The summed E-state index contributed by atoms with van der Waals surface area (Å²) in [4.78, 5) is 23.1. The van der Waals surface area contributed by atoms with Crippen molar-refractivity contribution in [2.75, 3.05) is 11.9 Å². The molecule has 0 aliphatic carbocycles. The van der Waals surface area contributed by atoms with Gasteiger partial charge in [0, 0.05) is 25.5 Å². The molecule has 0 spiro atoms. The molecule has 0 saturated heterocycles. The summed E-state index contributed by atoms with van der Waals surface area (Å²) < 4.78 is 1.99. The molecule has 0 fully saturated rings. The van der Waals surface area contributed by atoms with E-state index in [1.807, 2.05) is 10.8 Å². The number of carbonyl (C=O) groups excluding carboxylic acids is 1. The molecule has 0 aromatic carbocycles. The van der Waals surface area contributed by atoms with Crippen LogP contribution in [0.3, 0.4) is 0 Å². The van der Waals surface area contributed by atoms with Crippen LogP contribution in [-0.4, -0.2) is 32.3 Å². The number of imidazole rings is 1. The molecule has 7 heteroatoms. The Bertz CT molecular complexity index is 555. The molecule has 0 aliphatic heterocycles. The van der Waals surface area contributed by atoms with Crippen molar-refractivity contribution >= 4 is 23.7 Å². The Morgan fingerprint density at radius 3 is 3.00 bits per heavy atom. The Morgan fingerprint density at radius 1 is 1.47 bits per heavy atom. The van der Waals surface area contributed by atoms with Crippen molar-refractivity contribution in [1.82, 2.24) is 19.5 Å². The molecule has 0 atom stereocenters. The molecular formula is C12H14ClN5O. The van der Waals surface area contributed by atoms with Crippen molar-refractivity contribution in [3.05, 3.63) is 35.3 Å². The van der Waals surface area contributed by atoms with Gasteiger partial charge in [0.15, 0.2) is 6.29 Å². The predicted molar refractivity (Wildman–Crippen MR) is 72.5 cm³/mol. The average Bonchev–Trinajstić information content (AvgIpc) is 2.87. The third-order valence-corrected chi connectivity index (χ3v) is 2.86. The quantitative estimate of drug-likeness (QED) is 0.497. The van der Waals surface area contributed by atoms with E-state index in [4.69, 9.17) is 11.6 Å². The largest absolute Gasteiger partial charge is 0.369 e. The van der Waals surface area contributed by atoms with E-state index in [1.54, 1.807) is 19.4 Å². The van der Waals surface area contributed by atoms with E-state index in [0.29, 0.717) is 30.0 Å². The Labute approximate surface area is 115 Å². The van der Waals surface area contributed by atoms with Crippen LogP contribution in [0.1, 0.15) is 22.6 Å². The molecule has 0 unspecified atom stereocenters. The molecule has 0 bridgehead atoms. The maximum absolute atomic E-state index is 11.0. The second kappa shape index (κ2) is 6.29. The van der Waals surface area contributed by atoms with Gasteiger partial charge in [0.05, 0.1) is 11.9 Å². The van der Waals surface area contributed by atoms with E-state index in [1.165, 1.54) is 0 Å². The number of rotatable bonds is 6. The number of aldehydes is 1. The number of nitrogens with one attached hydrogen (secondary N) is 1. The summed E-state index contributed by atoms with van der Waals surface area (Å²) >= 11 is 5.89. The minimum Gasteiger partial charge on any atom is -0.369 e. The molecule has 0 aliphatic rings. The van der Waals surface area contributed by atoms with Crippen LogP contribution in [0.2, 0.25) is 5.15 Å². The minimum absolute atomic E-state index is 0.180. The van der Waals surface area contributed by atoms with Crippen LogP contribution in [0.15, 0.2) is 18.7 Å². The summed E-state index contributed by atoms with van der Waals surface area (Å²) in [6.45, 7) is 3.27. The smallest absolute Gasteiger partial charge is 0.156 e. The van der Waals surface area contributed by atoms with E-state index < -0.39 is 0 Å². The summed E-state index contributed by atoms with van der Waals surface area (Å²) in [7, 11) is 0. The number of carbonyl (C=O) groups is 1. The fraction of sp³-hybridized carbons (Fsp3) is 0.333. The highest BCUT2D eigenvalue weighted by Crippen LogP contribution is 2.18. The molecule has 0 amide bonds. The van der Waals surface area contributed by atoms with Crippen LogP contribution in [0, 0.1) is 6.92 Å². The maximum Gasteiger partial charge on any atom is 0.156 e. The van der Waals surface area contributed by atoms with Gasteiger partial charge < -0.3 is 9.88 Å². The van der Waals surface area contributed by atoms with Gasteiger partial charge in [0.2, 0.25) is 0 Å². The topological polar surface area (TPSA) is 72.7 Å². The van der Waals surface area contributed by atoms with Crippen LogP contribution < -0.4 is 5.32 Å². The molecule has 2 heterocycles. The maximum atomic E-state index is 11.0. The third kappa shape index (κ3) is 3.51. The molecular weight excluding hydrogens is 266 g/mol. The first-order valence-corrected chi connectivity index (χ1v) is 6.27. The van der Waals surface area contributed by atoms with Crippen molar-refractivity contribution < 1.29 is 4.79 Å². The number of anilines is 1. The lowest BCUT2D eigenvalue weighted by Crippen LogP contribution is -2.10.